The number of ether oxygens (including phenoxy) is 1. The fraction of sp³-hybridized carbons (Fsp3) is 0.125. The van der Waals surface area contributed by atoms with Gasteiger partial charge in [-0.1, -0.05) is 12.1 Å². The van der Waals surface area contributed by atoms with E-state index in [4.69, 9.17) is 14.5 Å². The van der Waals surface area contributed by atoms with Crippen LogP contribution >= 0.6 is 7.60 Å². The highest BCUT2D eigenvalue weighted by atomic mass is 31.2. The summed E-state index contributed by atoms with van der Waals surface area (Å²) in [5, 5.41) is 0.693. The molecule has 1 aromatic carbocycles. The van der Waals surface area contributed by atoms with Gasteiger partial charge in [-0.25, -0.2) is 4.98 Å². The zero-order valence-electron chi connectivity index (χ0n) is 12.8. The van der Waals surface area contributed by atoms with Gasteiger partial charge in [-0.05, 0) is 29.8 Å². The Labute approximate surface area is 137 Å². The summed E-state index contributed by atoms with van der Waals surface area (Å²) in [4.78, 5) is 33.8. The Balaban J connectivity index is 1.92. The smallest absolute Gasteiger partial charge is 0.329 e. The van der Waals surface area contributed by atoms with Crippen LogP contribution in [0.25, 0.3) is 11.0 Å². The van der Waals surface area contributed by atoms with Gasteiger partial charge in [0.25, 0.3) is 5.56 Å². The number of fused-ring (bicyclic) bond motifs is 1. The number of rotatable bonds is 4. The summed E-state index contributed by atoms with van der Waals surface area (Å²) in [5.74, 6) is 1.06. The summed E-state index contributed by atoms with van der Waals surface area (Å²) in [6.07, 6.45) is 1.24. The summed E-state index contributed by atoms with van der Waals surface area (Å²) in [7, 11) is -2.46. The molecule has 0 aliphatic heterocycles. The molecule has 0 aliphatic rings. The summed E-state index contributed by atoms with van der Waals surface area (Å²) < 4.78 is 18.3. The van der Waals surface area contributed by atoms with Crippen molar-refractivity contribution in [1.29, 1.82) is 0 Å². The first kappa shape index (κ1) is 16.4. The van der Waals surface area contributed by atoms with Crippen molar-refractivity contribution in [3.63, 3.8) is 0 Å². The molecular formula is C16H15N2O5P. The minimum Gasteiger partial charge on any atom is -0.457 e. The SMILES string of the molecule is Cn1c(=O)ccc2c(Oc3ccc(CP(=O)(O)O)cc3)ccnc21. The Kier molecular flexibility index (Phi) is 4.24. The number of pyridine rings is 2. The van der Waals surface area contributed by atoms with Crippen molar-refractivity contribution in [2.45, 2.75) is 6.16 Å². The molecule has 0 saturated heterocycles. The van der Waals surface area contributed by atoms with Gasteiger partial charge >= 0.3 is 7.60 Å². The van der Waals surface area contributed by atoms with Gasteiger partial charge < -0.3 is 14.5 Å². The van der Waals surface area contributed by atoms with Gasteiger partial charge in [0.15, 0.2) is 0 Å². The number of hydrogen-bond acceptors (Lipinski definition) is 4. The predicted molar refractivity (Wildman–Crippen MR) is 89.2 cm³/mol. The second-order valence-corrected chi connectivity index (χ2v) is 6.99. The van der Waals surface area contributed by atoms with E-state index in [1.165, 1.54) is 10.6 Å². The number of aryl methyl sites for hydroxylation is 1. The second kappa shape index (κ2) is 6.20. The maximum atomic E-state index is 11.7. The predicted octanol–water partition coefficient (Wildman–Crippen LogP) is 2.40. The molecule has 0 unspecified atom stereocenters. The van der Waals surface area contributed by atoms with E-state index < -0.39 is 7.60 Å². The molecule has 0 amide bonds. The van der Waals surface area contributed by atoms with Crippen molar-refractivity contribution < 1.29 is 19.1 Å². The lowest BCUT2D eigenvalue weighted by Crippen LogP contribution is -2.16. The lowest BCUT2D eigenvalue weighted by atomic mass is 10.2. The maximum Gasteiger partial charge on any atom is 0.329 e. The second-order valence-electron chi connectivity index (χ2n) is 5.35. The van der Waals surface area contributed by atoms with Crippen LogP contribution < -0.4 is 10.3 Å². The highest BCUT2D eigenvalue weighted by Crippen LogP contribution is 2.39. The number of aromatic nitrogens is 2. The molecule has 7 nitrogen and oxygen atoms in total. The normalized spacial score (nSPS) is 11.6. The van der Waals surface area contributed by atoms with Crippen molar-refractivity contribution in [3.05, 3.63) is 64.6 Å². The average Bonchev–Trinajstić information content (AvgIpc) is 2.52. The van der Waals surface area contributed by atoms with E-state index in [0.29, 0.717) is 28.1 Å². The van der Waals surface area contributed by atoms with Gasteiger partial charge in [-0.2, -0.15) is 0 Å². The first-order chi connectivity index (χ1) is 11.3. The zero-order chi connectivity index (χ0) is 17.3. The van der Waals surface area contributed by atoms with Crippen LogP contribution in [0.1, 0.15) is 5.56 Å². The van der Waals surface area contributed by atoms with Crippen molar-refractivity contribution in [1.82, 2.24) is 9.55 Å². The van der Waals surface area contributed by atoms with Crippen LogP contribution in [-0.2, 0) is 17.8 Å². The summed E-state index contributed by atoms with van der Waals surface area (Å²) in [6.45, 7) is 0. The topological polar surface area (TPSA) is 102 Å². The lowest BCUT2D eigenvalue weighted by molar-refractivity contribution is 0.371. The monoisotopic (exact) mass is 346 g/mol. The van der Waals surface area contributed by atoms with Crippen molar-refractivity contribution >= 4 is 18.6 Å². The molecule has 0 radical (unpaired) electrons. The highest BCUT2D eigenvalue weighted by Gasteiger charge is 2.14. The summed E-state index contributed by atoms with van der Waals surface area (Å²) >= 11 is 0. The third kappa shape index (κ3) is 3.54. The molecule has 0 spiro atoms. The first-order valence-corrected chi connectivity index (χ1v) is 8.89. The maximum absolute atomic E-state index is 11.7. The number of nitrogens with zero attached hydrogens (tertiary/aromatic N) is 2. The number of hydrogen-bond donors (Lipinski definition) is 2. The molecule has 24 heavy (non-hydrogen) atoms. The van der Waals surface area contributed by atoms with Gasteiger partial charge in [0, 0.05) is 19.3 Å². The van der Waals surface area contributed by atoms with Crippen LogP contribution in [0.2, 0.25) is 0 Å². The van der Waals surface area contributed by atoms with Crippen LogP contribution in [0.15, 0.2) is 53.5 Å². The molecule has 0 saturated carbocycles. The van der Waals surface area contributed by atoms with E-state index in [-0.39, 0.29) is 11.7 Å². The Morgan fingerprint density at radius 1 is 1.12 bits per heavy atom. The van der Waals surface area contributed by atoms with E-state index in [1.54, 1.807) is 49.6 Å². The molecule has 2 N–H and O–H groups in total. The quantitative estimate of drug-likeness (QED) is 0.704. The molecule has 3 aromatic rings. The summed E-state index contributed by atoms with van der Waals surface area (Å²) in [6, 6.07) is 11.3. The Hall–Kier alpha value is -2.47. The van der Waals surface area contributed by atoms with E-state index in [1.807, 2.05) is 0 Å². The van der Waals surface area contributed by atoms with E-state index in [0.717, 1.165) is 0 Å². The molecule has 0 aliphatic carbocycles. The molecule has 2 aromatic heterocycles. The van der Waals surface area contributed by atoms with Crippen LogP contribution in [0.5, 0.6) is 11.5 Å². The lowest BCUT2D eigenvalue weighted by Gasteiger charge is -2.11. The molecule has 0 bridgehead atoms. The minimum absolute atomic E-state index is 0.158. The Bertz CT molecular complexity index is 992. The molecular weight excluding hydrogens is 331 g/mol. The zero-order valence-corrected chi connectivity index (χ0v) is 13.7. The third-order valence-corrected chi connectivity index (χ3v) is 4.29. The largest absolute Gasteiger partial charge is 0.457 e. The van der Waals surface area contributed by atoms with Crippen LogP contribution in [0.4, 0.5) is 0 Å². The van der Waals surface area contributed by atoms with E-state index in [9.17, 15) is 9.36 Å². The fourth-order valence-corrected chi connectivity index (χ4v) is 3.04. The van der Waals surface area contributed by atoms with Crippen LogP contribution in [0.3, 0.4) is 0 Å². The molecule has 3 rings (SSSR count). The number of benzene rings is 1. The Morgan fingerprint density at radius 3 is 2.50 bits per heavy atom. The molecule has 2 heterocycles. The van der Waals surface area contributed by atoms with Crippen molar-refractivity contribution in [2.24, 2.45) is 7.05 Å². The molecule has 8 heteroatoms. The van der Waals surface area contributed by atoms with Crippen LogP contribution in [-0.4, -0.2) is 19.3 Å². The highest BCUT2D eigenvalue weighted by molar-refractivity contribution is 7.50. The van der Waals surface area contributed by atoms with Gasteiger partial charge in [0.05, 0.1) is 11.5 Å². The molecule has 124 valence electrons. The van der Waals surface area contributed by atoms with Gasteiger partial charge in [0.2, 0.25) is 0 Å². The van der Waals surface area contributed by atoms with E-state index >= 15 is 0 Å². The third-order valence-electron chi connectivity index (χ3n) is 3.51. The average molecular weight is 346 g/mol. The van der Waals surface area contributed by atoms with E-state index in [2.05, 4.69) is 4.98 Å². The van der Waals surface area contributed by atoms with Crippen LogP contribution in [0, 0.1) is 0 Å². The standard InChI is InChI=1S/C16H15N2O5P/c1-18-15(19)7-6-13-14(8-9-17-16(13)18)23-12-4-2-11(3-5-12)10-24(20,21)22/h2-9H,10H2,1H3,(H2,20,21,22). The van der Waals surface area contributed by atoms with Gasteiger partial charge in [-0.3, -0.25) is 13.9 Å². The van der Waals surface area contributed by atoms with Crippen molar-refractivity contribution in [3.8, 4) is 11.5 Å². The molecule has 0 atom stereocenters. The summed E-state index contributed by atoms with van der Waals surface area (Å²) in [5.41, 5.74) is 0.879. The Morgan fingerprint density at radius 2 is 1.83 bits per heavy atom. The molecule has 0 fully saturated rings. The van der Waals surface area contributed by atoms with Gasteiger partial charge in [-0.15, -0.1) is 0 Å². The van der Waals surface area contributed by atoms with Crippen molar-refractivity contribution in [2.75, 3.05) is 0 Å². The van der Waals surface area contributed by atoms with Gasteiger partial charge in [0.1, 0.15) is 17.1 Å². The first-order valence-electron chi connectivity index (χ1n) is 7.10. The fourth-order valence-electron chi connectivity index (χ4n) is 2.36. The minimum atomic E-state index is -4.09.